The third-order valence-electron chi connectivity index (χ3n) is 3.38. The van der Waals surface area contributed by atoms with Crippen molar-refractivity contribution in [3.8, 4) is 11.8 Å². The van der Waals surface area contributed by atoms with E-state index in [0.717, 1.165) is 24.0 Å². The molecular formula is C18H26N2O. The third-order valence-corrected chi connectivity index (χ3v) is 3.38. The minimum Gasteiger partial charge on any atom is -0.341 e. The van der Waals surface area contributed by atoms with E-state index in [-0.39, 0.29) is 5.91 Å². The first-order valence-electron chi connectivity index (χ1n) is 7.69. The van der Waals surface area contributed by atoms with Gasteiger partial charge in [0.05, 0.1) is 6.54 Å². The number of unbranched alkanes of at least 4 members (excludes halogenated alkanes) is 3. The molecule has 0 saturated heterocycles. The van der Waals surface area contributed by atoms with Crippen LogP contribution in [0.25, 0.3) is 0 Å². The summed E-state index contributed by atoms with van der Waals surface area (Å²) in [6.07, 6.45) is 5.19. The van der Waals surface area contributed by atoms with Crippen molar-refractivity contribution in [3.05, 3.63) is 35.4 Å². The molecule has 114 valence electrons. The average Bonchev–Trinajstić information content (AvgIpc) is 2.50. The minimum absolute atomic E-state index is 0.220. The predicted molar refractivity (Wildman–Crippen MR) is 87.6 cm³/mol. The zero-order valence-corrected chi connectivity index (χ0v) is 13.2. The summed E-state index contributed by atoms with van der Waals surface area (Å²) in [6, 6.07) is 7.97. The Morgan fingerprint density at radius 2 is 1.90 bits per heavy atom. The van der Waals surface area contributed by atoms with E-state index in [1.165, 1.54) is 12.8 Å². The van der Waals surface area contributed by atoms with Gasteiger partial charge >= 0.3 is 0 Å². The average molecular weight is 286 g/mol. The Hall–Kier alpha value is -1.79. The van der Waals surface area contributed by atoms with Gasteiger partial charge in [0.15, 0.2) is 0 Å². The van der Waals surface area contributed by atoms with Gasteiger partial charge in [-0.15, -0.1) is 0 Å². The molecule has 0 aliphatic heterocycles. The molecule has 0 radical (unpaired) electrons. The summed E-state index contributed by atoms with van der Waals surface area (Å²) in [5.74, 6) is 6.04. The second-order valence-corrected chi connectivity index (χ2v) is 5.26. The number of hydrogen-bond acceptors (Lipinski definition) is 2. The van der Waals surface area contributed by atoms with Crippen molar-refractivity contribution in [3.63, 3.8) is 0 Å². The first kappa shape index (κ1) is 17.3. The molecule has 3 nitrogen and oxygen atoms in total. The van der Waals surface area contributed by atoms with E-state index in [1.54, 1.807) is 4.90 Å². The molecule has 2 N–H and O–H groups in total. The van der Waals surface area contributed by atoms with Gasteiger partial charge in [0.1, 0.15) is 0 Å². The summed E-state index contributed by atoms with van der Waals surface area (Å²) < 4.78 is 0. The number of carbonyl (C=O) groups is 1. The lowest BCUT2D eigenvalue weighted by Gasteiger charge is -2.17. The summed E-state index contributed by atoms with van der Waals surface area (Å²) in [7, 11) is 1.87. The number of hydrogen-bond donors (Lipinski definition) is 1. The largest absolute Gasteiger partial charge is 0.341 e. The van der Waals surface area contributed by atoms with Gasteiger partial charge in [-0.3, -0.25) is 4.79 Å². The van der Waals surface area contributed by atoms with Crippen LogP contribution < -0.4 is 5.73 Å². The quantitative estimate of drug-likeness (QED) is 0.619. The van der Waals surface area contributed by atoms with Crippen molar-refractivity contribution in [1.82, 2.24) is 4.90 Å². The van der Waals surface area contributed by atoms with E-state index in [2.05, 4.69) is 18.8 Å². The highest BCUT2D eigenvalue weighted by Gasteiger charge is 2.08. The summed E-state index contributed by atoms with van der Waals surface area (Å²) in [5.41, 5.74) is 7.43. The molecule has 21 heavy (non-hydrogen) atoms. The standard InChI is InChI=1S/C18H26N2O/c1-3-4-5-6-9-18(21)20(2)15-17-12-10-16(11-13-17)8-7-14-19/h10-13H,3-6,9,14-15,19H2,1-2H3. The van der Waals surface area contributed by atoms with Gasteiger partial charge in [-0.2, -0.15) is 0 Å². The van der Waals surface area contributed by atoms with Crippen molar-refractivity contribution in [2.45, 2.75) is 45.6 Å². The van der Waals surface area contributed by atoms with Crippen LogP contribution in [0.5, 0.6) is 0 Å². The first-order chi connectivity index (χ1) is 10.2. The maximum absolute atomic E-state index is 12.0. The molecule has 0 atom stereocenters. The second-order valence-electron chi connectivity index (χ2n) is 5.26. The van der Waals surface area contributed by atoms with Gasteiger partial charge in [0.2, 0.25) is 5.91 Å². The molecule has 0 aliphatic carbocycles. The van der Waals surface area contributed by atoms with Crippen LogP contribution in [0.1, 0.15) is 50.2 Å². The van der Waals surface area contributed by atoms with Crippen LogP contribution in [0.2, 0.25) is 0 Å². The first-order valence-corrected chi connectivity index (χ1v) is 7.69. The topological polar surface area (TPSA) is 46.3 Å². The van der Waals surface area contributed by atoms with Crippen molar-refractivity contribution in [2.24, 2.45) is 5.73 Å². The highest BCUT2D eigenvalue weighted by Crippen LogP contribution is 2.09. The molecule has 1 aromatic carbocycles. The van der Waals surface area contributed by atoms with E-state index in [0.29, 0.717) is 19.5 Å². The molecule has 0 heterocycles. The monoisotopic (exact) mass is 286 g/mol. The Balaban J connectivity index is 2.43. The van der Waals surface area contributed by atoms with Crippen molar-refractivity contribution in [2.75, 3.05) is 13.6 Å². The highest BCUT2D eigenvalue weighted by atomic mass is 16.2. The molecule has 0 fully saturated rings. The molecule has 0 unspecified atom stereocenters. The molecule has 0 bridgehead atoms. The molecule has 0 aliphatic rings. The van der Waals surface area contributed by atoms with E-state index in [9.17, 15) is 4.79 Å². The van der Waals surface area contributed by atoms with E-state index in [4.69, 9.17) is 5.73 Å². The van der Waals surface area contributed by atoms with Crippen LogP contribution in [-0.4, -0.2) is 24.4 Å². The van der Waals surface area contributed by atoms with Gasteiger partial charge in [-0.1, -0.05) is 50.2 Å². The lowest BCUT2D eigenvalue weighted by atomic mass is 10.1. The number of carbonyl (C=O) groups excluding carboxylic acids is 1. The molecule has 1 rings (SSSR count). The fourth-order valence-corrected chi connectivity index (χ4v) is 2.10. The van der Waals surface area contributed by atoms with Crippen LogP contribution >= 0.6 is 0 Å². The lowest BCUT2D eigenvalue weighted by Crippen LogP contribution is -2.25. The van der Waals surface area contributed by atoms with Crippen LogP contribution in [-0.2, 0) is 11.3 Å². The SMILES string of the molecule is CCCCCCC(=O)N(C)Cc1ccc(C#CCN)cc1. The summed E-state index contributed by atoms with van der Waals surface area (Å²) >= 11 is 0. The Morgan fingerprint density at radius 1 is 1.19 bits per heavy atom. The van der Waals surface area contributed by atoms with Crippen LogP contribution in [0.3, 0.4) is 0 Å². The number of amides is 1. The van der Waals surface area contributed by atoms with Crippen molar-refractivity contribution < 1.29 is 4.79 Å². The molecule has 0 aromatic heterocycles. The van der Waals surface area contributed by atoms with Crippen molar-refractivity contribution in [1.29, 1.82) is 0 Å². The maximum atomic E-state index is 12.0. The Labute approximate surface area is 128 Å². The molecule has 3 heteroatoms. The third kappa shape index (κ3) is 6.97. The van der Waals surface area contributed by atoms with E-state index >= 15 is 0 Å². The Kier molecular flexibility index (Phi) is 8.23. The summed E-state index contributed by atoms with van der Waals surface area (Å²) in [6.45, 7) is 3.20. The Morgan fingerprint density at radius 3 is 2.52 bits per heavy atom. The zero-order chi connectivity index (χ0) is 15.5. The van der Waals surface area contributed by atoms with Crippen LogP contribution in [0, 0.1) is 11.8 Å². The molecule has 1 amide bonds. The van der Waals surface area contributed by atoms with Gasteiger partial charge in [0, 0.05) is 25.6 Å². The van der Waals surface area contributed by atoms with Crippen LogP contribution in [0.15, 0.2) is 24.3 Å². The number of rotatable bonds is 7. The summed E-state index contributed by atoms with van der Waals surface area (Å²) in [4.78, 5) is 13.8. The fourth-order valence-electron chi connectivity index (χ4n) is 2.10. The van der Waals surface area contributed by atoms with Crippen LogP contribution in [0.4, 0.5) is 0 Å². The minimum atomic E-state index is 0.220. The molecule has 0 saturated carbocycles. The molecular weight excluding hydrogens is 260 g/mol. The van der Waals surface area contributed by atoms with Gasteiger partial charge in [0.25, 0.3) is 0 Å². The number of benzene rings is 1. The predicted octanol–water partition coefficient (Wildman–Crippen LogP) is 2.93. The normalized spacial score (nSPS) is 9.86. The van der Waals surface area contributed by atoms with Gasteiger partial charge in [-0.25, -0.2) is 0 Å². The maximum Gasteiger partial charge on any atom is 0.222 e. The van der Waals surface area contributed by atoms with Crippen molar-refractivity contribution >= 4 is 5.91 Å². The number of nitrogens with two attached hydrogens (primary N) is 1. The van der Waals surface area contributed by atoms with Gasteiger partial charge < -0.3 is 10.6 Å². The van der Waals surface area contributed by atoms with E-state index in [1.807, 2.05) is 31.3 Å². The number of nitrogens with zero attached hydrogens (tertiary/aromatic N) is 1. The van der Waals surface area contributed by atoms with E-state index < -0.39 is 0 Å². The Bertz CT molecular complexity index is 482. The smallest absolute Gasteiger partial charge is 0.222 e. The highest BCUT2D eigenvalue weighted by molar-refractivity contribution is 5.75. The van der Waals surface area contributed by atoms with Gasteiger partial charge in [-0.05, 0) is 24.1 Å². The lowest BCUT2D eigenvalue weighted by molar-refractivity contribution is -0.130. The fraction of sp³-hybridized carbons (Fsp3) is 0.500. The molecule has 0 spiro atoms. The second kappa shape index (κ2) is 10.0. The summed E-state index contributed by atoms with van der Waals surface area (Å²) in [5, 5.41) is 0. The zero-order valence-electron chi connectivity index (χ0n) is 13.2. The molecule has 1 aromatic rings.